The van der Waals surface area contributed by atoms with Gasteiger partial charge >= 0.3 is 0 Å². The van der Waals surface area contributed by atoms with Crippen LogP contribution in [0.15, 0.2) is 28.9 Å². The van der Waals surface area contributed by atoms with E-state index in [-0.39, 0.29) is 5.88 Å². The Kier molecular flexibility index (Phi) is 2.21. The molecule has 2 aromatic rings. The summed E-state index contributed by atoms with van der Waals surface area (Å²) in [5, 5.41) is 3.60. The summed E-state index contributed by atoms with van der Waals surface area (Å²) in [5.74, 6) is 0.911. The number of nitrogen functional groups attached to an aromatic ring is 2. The number of nitrogens with zero attached hydrogens (tertiary/aromatic N) is 1. The fourth-order valence-corrected chi connectivity index (χ4v) is 1.37. The number of methoxy groups -OCH3 is 1. The van der Waals surface area contributed by atoms with E-state index in [9.17, 15) is 0 Å². The molecule has 4 N–H and O–H groups in total. The third-order valence-corrected chi connectivity index (χ3v) is 2.14. The Morgan fingerprint density at radius 2 is 2.13 bits per heavy atom. The Morgan fingerprint density at radius 3 is 2.67 bits per heavy atom. The molecule has 0 aliphatic carbocycles. The summed E-state index contributed by atoms with van der Waals surface area (Å²) in [6.07, 6.45) is 1.55. The molecule has 0 saturated heterocycles. The van der Waals surface area contributed by atoms with Crippen LogP contribution in [-0.2, 0) is 0 Å². The molecular formula is C10H11N3O2. The van der Waals surface area contributed by atoms with E-state index in [4.69, 9.17) is 20.7 Å². The van der Waals surface area contributed by atoms with Crippen molar-refractivity contribution in [2.24, 2.45) is 0 Å². The molecule has 1 aromatic carbocycles. The van der Waals surface area contributed by atoms with Gasteiger partial charge in [0.1, 0.15) is 5.75 Å². The summed E-state index contributed by atoms with van der Waals surface area (Å²) < 4.78 is 9.82. The molecule has 5 nitrogen and oxygen atoms in total. The fraction of sp³-hybridized carbons (Fsp3) is 0.100. The fourth-order valence-electron chi connectivity index (χ4n) is 1.37. The van der Waals surface area contributed by atoms with Gasteiger partial charge in [0.15, 0.2) is 0 Å². The van der Waals surface area contributed by atoms with Crippen LogP contribution in [0.1, 0.15) is 0 Å². The highest BCUT2D eigenvalue weighted by Crippen LogP contribution is 2.31. The van der Waals surface area contributed by atoms with Crippen LogP contribution in [0.3, 0.4) is 0 Å². The number of hydrogen-bond donors (Lipinski definition) is 2. The number of hydrogen-bond acceptors (Lipinski definition) is 5. The van der Waals surface area contributed by atoms with Crippen molar-refractivity contribution in [1.82, 2.24) is 5.16 Å². The third kappa shape index (κ3) is 1.59. The smallest absolute Gasteiger partial charge is 0.229 e. The maximum absolute atomic E-state index is 5.77. The number of ether oxygens (including phenoxy) is 1. The molecule has 15 heavy (non-hydrogen) atoms. The van der Waals surface area contributed by atoms with Crippen LogP contribution >= 0.6 is 0 Å². The zero-order valence-electron chi connectivity index (χ0n) is 8.23. The average Bonchev–Trinajstić information content (AvgIpc) is 2.64. The minimum absolute atomic E-state index is 0.277. The predicted octanol–water partition coefficient (Wildman–Crippen LogP) is 1.51. The SMILES string of the molecule is COc1ccc(-c2cnoc2N)cc1N. The van der Waals surface area contributed by atoms with Gasteiger partial charge in [0.25, 0.3) is 0 Å². The van der Waals surface area contributed by atoms with Crippen LogP contribution in [-0.4, -0.2) is 12.3 Å². The van der Waals surface area contributed by atoms with Gasteiger partial charge in [-0.15, -0.1) is 0 Å². The Hall–Kier alpha value is -2.17. The van der Waals surface area contributed by atoms with Crippen molar-refractivity contribution >= 4 is 11.6 Å². The summed E-state index contributed by atoms with van der Waals surface area (Å²) in [6.45, 7) is 0. The average molecular weight is 205 g/mol. The lowest BCUT2D eigenvalue weighted by atomic mass is 10.1. The second kappa shape index (κ2) is 3.53. The number of benzene rings is 1. The van der Waals surface area contributed by atoms with Crippen LogP contribution in [0.5, 0.6) is 5.75 Å². The Balaban J connectivity index is 2.47. The number of anilines is 2. The van der Waals surface area contributed by atoms with Gasteiger partial charge < -0.3 is 20.7 Å². The van der Waals surface area contributed by atoms with Crippen LogP contribution in [0.25, 0.3) is 11.1 Å². The molecule has 5 heteroatoms. The first-order valence-electron chi connectivity index (χ1n) is 4.36. The standard InChI is InChI=1S/C10H11N3O2/c1-14-9-3-2-6(4-8(9)11)7-5-13-15-10(7)12/h2-5H,11-12H2,1H3. The number of rotatable bonds is 2. The maximum atomic E-state index is 5.77. The normalized spacial score (nSPS) is 10.2. The van der Waals surface area contributed by atoms with E-state index in [2.05, 4.69) is 5.16 Å². The second-order valence-electron chi connectivity index (χ2n) is 3.06. The van der Waals surface area contributed by atoms with Crippen molar-refractivity contribution in [3.63, 3.8) is 0 Å². The Bertz CT molecular complexity index is 479. The molecular weight excluding hydrogens is 194 g/mol. The molecule has 1 heterocycles. The van der Waals surface area contributed by atoms with E-state index in [1.807, 2.05) is 6.07 Å². The van der Waals surface area contributed by atoms with Gasteiger partial charge in [-0.3, -0.25) is 0 Å². The molecule has 0 fully saturated rings. The summed E-state index contributed by atoms with van der Waals surface area (Å²) >= 11 is 0. The highest BCUT2D eigenvalue weighted by molar-refractivity contribution is 5.76. The summed E-state index contributed by atoms with van der Waals surface area (Å²) in [6, 6.07) is 5.39. The first-order valence-corrected chi connectivity index (χ1v) is 4.36. The third-order valence-electron chi connectivity index (χ3n) is 2.14. The van der Waals surface area contributed by atoms with Crippen molar-refractivity contribution in [1.29, 1.82) is 0 Å². The highest BCUT2D eigenvalue weighted by Gasteiger charge is 2.08. The first-order chi connectivity index (χ1) is 7.22. The van der Waals surface area contributed by atoms with Gasteiger partial charge in [-0.2, -0.15) is 0 Å². The molecule has 0 aliphatic rings. The number of nitrogens with two attached hydrogens (primary N) is 2. The van der Waals surface area contributed by atoms with Crippen LogP contribution in [0, 0.1) is 0 Å². The van der Waals surface area contributed by atoms with Gasteiger partial charge in [-0.1, -0.05) is 11.2 Å². The van der Waals surface area contributed by atoms with E-state index in [1.54, 1.807) is 25.4 Å². The summed E-state index contributed by atoms with van der Waals surface area (Å²) in [5.41, 5.74) is 13.5. The lowest BCUT2D eigenvalue weighted by molar-refractivity contribution is 0.417. The first kappa shape index (κ1) is 9.39. The molecule has 0 saturated carbocycles. The van der Waals surface area contributed by atoms with Gasteiger partial charge in [0.05, 0.1) is 24.6 Å². The van der Waals surface area contributed by atoms with Crippen LogP contribution in [0.4, 0.5) is 11.6 Å². The van der Waals surface area contributed by atoms with Crippen molar-refractivity contribution in [3.8, 4) is 16.9 Å². The van der Waals surface area contributed by atoms with E-state index in [1.165, 1.54) is 0 Å². The molecule has 0 atom stereocenters. The Morgan fingerprint density at radius 1 is 1.33 bits per heavy atom. The van der Waals surface area contributed by atoms with Gasteiger partial charge in [0, 0.05) is 0 Å². The quantitative estimate of drug-likeness (QED) is 0.725. The van der Waals surface area contributed by atoms with E-state index < -0.39 is 0 Å². The van der Waals surface area contributed by atoms with Crippen LogP contribution < -0.4 is 16.2 Å². The molecule has 0 amide bonds. The lowest BCUT2D eigenvalue weighted by Gasteiger charge is -2.05. The molecule has 0 aliphatic heterocycles. The summed E-state index contributed by atoms with van der Waals surface area (Å²) in [4.78, 5) is 0. The highest BCUT2D eigenvalue weighted by atomic mass is 16.5. The molecule has 0 radical (unpaired) electrons. The molecule has 0 unspecified atom stereocenters. The largest absolute Gasteiger partial charge is 0.495 e. The van der Waals surface area contributed by atoms with Crippen molar-refractivity contribution < 1.29 is 9.26 Å². The van der Waals surface area contributed by atoms with Crippen molar-refractivity contribution in [2.75, 3.05) is 18.6 Å². The van der Waals surface area contributed by atoms with Gasteiger partial charge in [-0.05, 0) is 17.7 Å². The van der Waals surface area contributed by atoms with Gasteiger partial charge in [0.2, 0.25) is 5.88 Å². The zero-order chi connectivity index (χ0) is 10.8. The zero-order valence-corrected chi connectivity index (χ0v) is 8.23. The maximum Gasteiger partial charge on any atom is 0.229 e. The predicted molar refractivity (Wildman–Crippen MR) is 57.3 cm³/mol. The Labute approximate surface area is 86.6 Å². The molecule has 2 rings (SSSR count). The summed E-state index contributed by atoms with van der Waals surface area (Å²) in [7, 11) is 1.57. The van der Waals surface area contributed by atoms with E-state index in [0.717, 1.165) is 11.1 Å². The number of aromatic nitrogens is 1. The van der Waals surface area contributed by atoms with Crippen molar-refractivity contribution in [3.05, 3.63) is 24.4 Å². The van der Waals surface area contributed by atoms with E-state index in [0.29, 0.717) is 11.4 Å². The minimum atomic E-state index is 0.277. The molecule has 0 bridgehead atoms. The lowest BCUT2D eigenvalue weighted by Crippen LogP contribution is -1.93. The molecule has 1 aromatic heterocycles. The van der Waals surface area contributed by atoms with Crippen LogP contribution in [0.2, 0.25) is 0 Å². The monoisotopic (exact) mass is 205 g/mol. The van der Waals surface area contributed by atoms with E-state index >= 15 is 0 Å². The van der Waals surface area contributed by atoms with Crippen molar-refractivity contribution in [2.45, 2.75) is 0 Å². The topological polar surface area (TPSA) is 87.3 Å². The second-order valence-corrected chi connectivity index (χ2v) is 3.06. The molecule has 0 spiro atoms. The minimum Gasteiger partial charge on any atom is -0.495 e. The molecule has 78 valence electrons. The van der Waals surface area contributed by atoms with Gasteiger partial charge in [-0.25, -0.2) is 0 Å².